The highest BCUT2D eigenvalue weighted by atomic mass is 16.7. The summed E-state index contributed by atoms with van der Waals surface area (Å²) in [5, 5.41) is 9.53. The van der Waals surface area contributed by atoms with Crippen molar-refractivity contribution in [1.29, 1.82) is 0 Å². The Hall–Kier alpha value is -4.68. The lowest BCUT2D eigenvalue weighted by molar-refractivity contribution is -0.177. The third-order valence-electron chi connectivity index (χ3n) is 9.36. The molecule has 2 amide bonds. The van der Waals surface area contributed by atoms with Crippen LogP contribution in [0.5, 0.6) is 0 Å². The number of likely N-dealkylation sites (tertiary alicyclic amines) is 2. The van der Waals surface area contributed by atoms with Crippen molar-refractivity contribution in [2.75, 3.05) is 26.3 Å². The van der Waals surface area contributed by atoms with Crippen LogP contribution < -0.4 is 0 Å². The first-order valence-corrected chi connectivity index (χ1v) is 17.2. The number of rotatable bonds is 7. The summed E-state index contributed by atoms with van der Waals surface area (Å²) in [7, 11) is 0. The van der Waals surface area contributed by atoms with Crippen molar-refractivity contribution in [1.82, 2.24) is 29.7 Å². The molecule has 0 bridgehead atoms. The number of H-pyrrole nitrogens is 2. The predicted molar refractivity (Wildman–Crippen MR) is 183 cm³/mol. The van der Waals surface area contributed by atoms with E-state index in [1.165, 1.54) is 4.90 Å². The van der Waals surface area contributed by atoms with Crippen LogP contribution in [0.15, 0.2) is 54.7 Å². The van der Waals surface area contributed by atoms with Crippen molar-refractivity contribution >= 4 is 12.2 Å². The minimum Gasteiger partial charge on any atom is -0.465 e. The van der Waals surface area contributed by atoms with Crippen LogP contribution in [0.2, 0.25) is 0 Å². The third kappa shape index (κ3) is 7.20. The number of aromatic nitrogens is 4. The molecular formula is C37H44N6O6. The number of ether oxygens (including phenoxy) is 3. The Bertz CT molecular complexity index is 1770. The molecule has 12 heteroatoms. The second-order valence-corrected chi connectivity index (χ2v) is 14.0. The molecule has 3 N–H and O–H groups in total. The molecule has 0 aliphatic carbocycles. The number of hydrogen-bond acceptors (Lipinski definition) is 7. The minimum atomic E-state index is -0.911. The first-order valence-electron chi connectivity index (χ1n) is 17.2. The van der Waals surface area contributed by atoms with Gasteiger partial charge in [-0.15, -0.1) is 0 Å². The Kier molecular flexibility index (Phi) is 9.17. The van der Waals surface area contributed by atoms with E-state index < -0.39 is 11.7 Å². The number of imidazole rings is 2. The van der Waals surface area contributed by atoms with Crippen LogP contribution >= 0.6 is 0 Å². The molecule has 3 aliphatic heterocycles. The van der Waals surface area contributed by atoms with Crippen molar-refractivity contribution < 1.29 is 28.9 Å². The summed E-state index contributed by atoms with van der Waals surface area (Å²) in [6.07, 6.45) is 4.86. The predicted octanol–water partition coefficient (Wildman–Crippen LogP) is 7.33. The Morgan fingerprint density at radius 1 is 0.837 bits per heavy atom. The zero-order chi connectivity index (χ0) is 34.1. The van der Waals surface area contributed by atoms with Gasteiger partial charge in [0.05, 0.1) is 42.9 Å². The van der Waals surface area contributed by atoms with Crippen molar-refractivity contribution in [3.8, 4) is 33.6 Å². The van der Waals surface area contributed by atoms with Crippen LogP contribution in [0.25, 0.3) is 33.6 Å². The van der Waals surface area contributed by atoms with Gasteiger partial charge in [-0.25, -0.2) is 19.6 Å². The van der Waals surface area contributed by atoms with Crippen molar-refractivity contribution in [3.05, 3.63) is 72.1 Å². The summed E-state index contributed by atoms with van der Waals surface area (Å²) in [4.78, 5) is 44.4. The van der Waals surface area contributed by atoms with E-state index in [0.29, 0.717) is 38.5 Å². The van der Waals surface area contributed by atoms with Crippen LogP contribution in [-0.2, 0) is 20.6 Å². The van der Waals surface area contributed by atoms with Crippen molar-refractivity contribution in [2.24, 2.45) is 0 Å². The van der Waals surface area contributed by atoms with Gasteiger partial charge in [0.2, 0.25) is 0 Å². The number of benzene rings is 2. The Balaban J connectivity index is 1.10. The molecule has 2 atom stereocenters. The van der Waals surface area contributed by atoms with E-state index >= 15 is 0 Å². The van der Waals surface area contributed by atoms with Gasteiger partial charge in [-0.3, -0.25) is 9.80 Å². The third-order valence-corrected chi connectivity index (χ3v) is 9.36. The maximum atomic E-state index is 13.1. The van der Waals surface area contributed by atoms with E-state index in [2.05, 4.69) is 51.4 Å². The number of carbonyl (C=O) groups excluding carboxylic acids is 1. The largest absolute Gasteiger partial charge is 0.465 e. The molecule has 3 aliphatic rings. The second-order valence-electron chi connectivity index (χ2n) is 14.0. The molecule has 0 unspecified atom stereocenters. The summed E-state index contributed by atoms with van der Waals surface area (Å²) >= 11 is 0. The van der Waals surface area contributed by atoms with E-state index in [4.69, 9.17) is 19.2 Å². The van der Waals surface area contributed by atoms with E-state index in [9.17, 15) is 14.7 Å². The van der Waals surface area contributed by atoms with Gasteiger partial charge < -0.3 is 29.3 Å². The number of carbonyl (C=O) groups is 2. The van der Waals surface area contributed by atoms with Gasteiger partial charge in [0, 0.05) is 30.8 Å². The van der Waals surface area contributed by atoms with Gasteiger partial charge >= 0.3 is 12.2 Å². The molecule has 0 spiro atoms. The first-order chi connectivity index (χ1) is 23.6. The molecular weight excluding hydrogens is 624 g/mol. The smallest absolute Gasteiger partial charge is 0.410 e. The molecule has 7 rings (SSSR count). The van der Waals surface area contributed by atoms with E-state index in [0.717, 1.165) is 77.3 Å². The minimum absolute atomic E-state index is 0.200. The number of amides is 2. The molecule has 0 radical (unpaired) electrons. The normalized spacial score (nSPS) is 20.2. The van der Waals surface area contributed by atoms with Gasteiger partial charge in [0.15, 0.2) is 6.29 Å². The number of hydrogen-bond donors (Lipinski definition) is 3. The summed E-state index contributed by atoms with van der Waals surface area (Å²) in [5.41, 5.74) is 6.08. The van der Waals surface area contributed by atoms with Crippen LogP contribution in [0.3, 0.4) is 0 Å². The molecule has 3 saturated heterocycles. The molecule has 49 heavy (non-hydrogen) atoms. The standard InChI is InChI=1S/C37H44N6O6/c1-37(2,3)49-36(46)43-18-5-8-30(43)34-39-27(21-31-47-19-6-20-48-31)32(41-34)26-15-11-24(12-16-26)23-9-13-25(14-10-23)28-22-38-33(40-28)29-7-4-17-42(29)35(44)45/h9-16,22,29-31H,4-8,17-21H2,1-3H3,(H,38,40)(H,39,41)(H,44,45)/t29-,30-/m0/s1. The molecule has 2 aromatic heterocycles. The highest BCUT2D eigenvalue weighted by Gasteiger charge is 2.36. The van der Waals surface area contributed by atoms with Gasteiger partial charge in [0.25, 0.3) is 0 Å². The van der Waals surface area contributed by atoms with E-state index in [-0.39, 0.29) is 24.5 Å². The molecule has 258 valence electrons. The van der Waals surface area contributed by atoms with Gasteiger partial charge in [0.1, 0.15) is 17.2 Å². The fourth-order valence-corrected chi connectivity index (χ4v) is 6.98. The van der Waals surface area contributed by atoms with Crippen molar-refractivity contribution in [3.63, 3.8) is 0 Å². The lowest BCUT2D eigenvalue weighted by Crippen LogP contribution is -2.36. The fourth-order valence-electron chi connectivity index (χ4n) is 6.98. The van der Waals surface area contributed by atoms with Crippen molar-refractivity contribution in [2.45, 2.75) is 83.3 Å². The molecule has 3 fully saturated rings. The first kappa shape index (κ1) is 32.8. The zero-order valence-corrected chi connectivity index (χ0v) is 28.3. The Morgan fingerprint density at radius 3 is 2.06 bits per heavy atom. The topological polar surface area (TPSA) is 146 Å². The maximum Gasteiger partial charge on any atom is 0.410 e. The molecule has 0 saturated carbocycles. The summed E-state index contributed by atoms with van der Waals surface area (Å²) in [6.45, 7) is 8.12. The molecule has 4 aromatic rings. The summed E-state index contributed by atoms with van der Waals surface area (Å²) in [6, 6.07) is 16.1. The van der Waals surface area contributed by atoms with Gasteiger partial charge in [-0.2, -0.15) is 0 Å². The monoisotopic (exact) mass is 668 g/mol. The lowest BCUT2D eigenvalue weighted by atomic mass is 10.00. The maximum absolute atomic E-state index is 13.1. The average Bonchev–Trinajstić information content (AvgIpc) is 3.91. The van der Waals surface area contributed by atoms with Crippen LogP contribution in [0, 0.1) is 0 Å². The average molecular weight is 669 g/mol. The van der Waals surface area contributed by atoms with Crippen LogP contribution in [0.4, 0.5) is 9.59 Å². The zero-order valence-electron chi connectivity index (χ0n) is 28.3. The Labute approximate surface area is 285 Å². The van der Waals surface area contributed by atoms with Crippen LogP contribution in [-0.4, -0.2) is 85.2 Å². The molecule has 5 heterocycles. The summed E-state index contributed by atoms with van der Waals surface area (Å²) < 4.78 is 17.5. The highest BCUT2D eigenvalue weighted by molar-refractivity contribution is 5.73. The van der Waals surface area contributed by atoms with E-state index in [1.54, 1.807) is 11.1 Å². The fraction of sp³-hybridized carbons (Fsp3) is 0.459. The molecule has 2 aromatic carbocycles. The number of carboxylic acid groups (broad SMARTS) is 1. The molecule has 12 nitrogen and oxygen atoms in total. The van der Waals surface area contributed by atoms with Gasteiger partial charge in [-0.05, 0) is 69.6 Å². The SMILES string of the molecule is CC(C)(C)OC(=O)N1CCC[C@H]1c1nc(-c2ccc(-c3ccc(-c4cnc([C@@H]5CCCN5C(=O)O)[nH]4)cc3)cc2)c(CC2OCCCO2)[nH]1. The number of aromatic amines is 2. The lowest BCUT2D eigenvalue weighted by Gasteiger charge is -2.27. The van der Waals surface area contributed by atoms with E-state index in [1.807, 2.05) is 32.9 Å². The van der Waals surface area contributed by atoms with Gasteiger partial charge in [-0.1, -0.05) is 48.5 Å². The van der Waals surface area contributed by atoms with Crippen LogP contribution in [0.1, 0.15) is 82.3 Å². The summed E-state index contributed by atoms with van der Waals surface area (Å²) in [5.74, 6) is 1.43. The Morgan fingerprint density at radius 2 is 1.43 bits per heavy atom. The number of nitrogens with one attached hydrogen (secondary N) is 2. The highest BCUT2D eigenvalue weighted by Crippen LogP contribution is 2.36. The number of nitrogens with zero attached hydrogens (tertiary/aromatic N) is 4. The second kappa shape index (κ2) is 13.7. The quantitative estimate of drug-likeness (QED) is 0.186.